The van der Waals surface area contributed by atoms with Crippen molar-refractivity contribution in [1.29, 1.82) is 0 Å². The van der Waals surface area contributed by atoms with Crippen molar-refractivity contribution < 1.29 is 0 Å². The second-order valence-corrected chi connectivity index (χ2v) is 4.38. The number of fused-ring (bicyclic) bond motifs is 1. The molecule has 0 saturated carbocycles. The lowest BCUT2D eigenvalue weighted by Crippen LogP contribution is -1.73. The second-order valence-electron chi connectivity index (χ2n) is 3.35. The number of hydrogen-bond acceptors (Lipinski definition) is 2. The number of nitrogens with zero attached hydrogens (tertiary/aromatic N) is 1. The molecule has 0 aliphatic heterocycles. The summed E-state index contributed by atoms with van der Waals surface area (Å²) in [6, 6.07) is 18.5. The van der Waals surface area contributed by atoms with Gasteiger partial charge in [0.2, 0.25) is 0 Å². The predicted molar refractivity (Wildman–Crippen MR) is 76.4 cm³/mol. The molecule has 17 heavy (non-hydrogen) atoms. The van der Waals surface area contributed by atoms with E-state index in [1.807, 2.05) is 38.1 Å². The van der Waals surface area contributed by atoms with Gasteiger partial charge in [0.1, 0.15) is 5.01 Å². The third-order valence-corrected chi connectivity index (χ3v) is 3.40. The number of benzene rings is 2. The van der Waals surface area contributed by atoms with Crippen molar-refractivity contribution in [3.63, 3.8) is 0 Å². The van der Waals surface area contributed by atoms with Crippen molar-refractivity contribution in [2.75, 3.05) is 0 Å². The SMILES string of the molecule is CC.c1ccc(-c2nc3ccccc3s2)cc1. The summed E-state index contributed by atoms with van der Waals surface area (Å²) in [6.45, 7) is 4.00. The summed E-state index contributed by atoms with van der Waals surface area (Å²) in [5.41, 5.74) is 2.28. The molecule has 0 saturated heterocycles. The van der Waals surface area contributed by atoms with Gasteiger partial charge < -0.3 is 0 Å². The maximum Gasteiger partial charge on any atom is 0.124 e. The molecule has 0 spiro atoms. The largest absolute Gasteiger partial charge is 0.236 e. The van der Waals surface area contributed by atoms with Gasteiger partial charge in [-0.2, -0.15) is 0 Å². The maximum absolute atomic E-state index is 4.60. The van der Waals surface area contributed by atoms with Crippen molar-refractivity contribution in [3.05, 3.63) is 54.6 Å². The van der Waals surface area contributed by atoms with Gasteiger partial charge in [-0.05, 0) is 12.1 Å². The highest BCUT2D eigenvalue weighted by Crippen LogP contribution is 2.29. The van der Waals surface area contributed by atoms with Crippen LogP contribution in [0.2, 0.25) is 0 Å². The Morgan fingerprint density at radius 3 is 2.18 bits per heavy atom. The van der Waals surface area contributed by atoms with Gasteiger partial charge in [0.25, 0.3) is 0 Å². The Bertz CT molecular complexity index is 551. The number of hydrogen-bond donors (Lipinski definition) is 0. The fraction of sp³-hybridized carbons (Fsp3) is 0.133. The lowest BCUT2D eigenvalue weighted by molar-refractivity contribution is 1.48. The van der Waals surface area contributed by atoms with Gasteiger partial charge in [-0.3, -0.25) is 0 Å². The van der Waals surface area contributed by atoms with Crippen LogP contribution in [0.5, 0.6) is 0 Å². The Hall–Kier alpha value is -1.67. The lowest BCUT2D eigenvalue weighted by Gasteiger charge is -1.92. The average molecular weight is 241 g/mol. The number of rotatable bonds is 1. The normalized spacial score (nSPS) is 9.76. The maximum atomic E-state index is 4.60. The van der Waals surface area contributed by atoms with Gasteiger partial charge in [-0.25, -0.2) is 4.98 Å². The zero-order valence-corrected chi connectivity index (χ0v) is 10.9. The molecule has 0 aliphatic carbocycles. The molecule has 0 unspecified atom stereocenters. The highest BCUT2D eigenvalue weighted by atomic mass is 32.1. The average Bonchev–Trinajstić information content (AvgIpc) is 2.86. The number of aromatic nitrogens is 1. The molecule has 0 atom stereocenters. The van der Waals surface area contributed by atoms with Gasteiger partial charge in [0, 0.05) is 5.56 Å². The molecule has 2 aromatic carbocycles. The summed E-state index contributed by atoms with van der Waals surface area (Å²) < 4.78 is 1.25. The van der Waals surface area contributed by atoms with Gasteiger partial charge in [0.15, 0.2) is 0 Å². The van der Waals surface area contributed by atoms with Crippen LogP contribution >= 0.6 is 11.3 Å². The summed E-state index contributed by atoms with van der Waals surface area (Å²) in [7, 11) is 0. The van der Waals surface area contributed by atoms with Crippen molar-refractivity contribution in [2.24, 2.45) is 0 Å². The van der Waals surface area contributed by atoms with Gasteiger partial charge >= 0.3 is 0 Å². The van der Waals surface area contributed by atoms with Crippen molar-refractivity contribution >= 4 is 21.6 Å². The summed E-state index contributed by atoms with van der Waals surface area (Å²) in [5.74, 6) is 0. The molecule has 1 heterocycles. The summed E-state index contributed by atoms with van der Waals surface area (Å²) in [6.07, 6.45) is 0. The van der Waals surface area contributed by atoms with E-state index >= 15 is 0 Å². The van der Waals surface area contributed by atoms with E-state index in [4.69, 9.17) is 0 Å². The standard InChI is InChI=1S/C13H9NS.C2H6/c1-2-6-10(7-3-1)13-14-11-8-4-5-9-12(11)15-13;1-2/h1-9H;1-2H3. The van der Waals surface area contributed by atoms with Crippen molar-refractivity contribution in [2.45, 2.75) is 13.8 Å². The molecule has 1 aromatic heterocycles. The van der Waals surface area contributed by atoms with Crippen LogP contribution in [0.4, 0.5) is 0 Å². The zero-order chi connectivity index (χ0) is 12.1. The first kappa shape index (κ1) is 11.8. The van der Waals surface area contributed by atoms with E-state index in [0.29, 0.717) is 0 Å². The Morgan fingerprint density at radius 2 is 1.47 bits per heavy atom. The van der Waals surface area contributed by atoms with Gasteiger partial charge in [0.05, 0.1) is 10.2 Å². The molecule has 0 aliphatic rings. The third kappa shape index (κ3) is 2.53. The molecule has 1 nitrogen and oxygen atoms in total. The molecule has 0 bridgehead atoms. The molecule has 86 valence electrons. The van der Waals surface area contributed by atoms with Crippen molar-refractivity contribution in [1.82, 2.24) is 4.98 Å². The highest BCUT2D eigenvalue weighted by Gasteiger charge is 2.03. The summed E-state index contributed by atoms with van der Waals surface area (Å²) in [5, 5.41) is 1.09. The second kappa shape index (κ2) is 5.60. The Kier molecular flexibility index (Phi) is 3.89. The fourth-order valence-corrected chi connectivity index (χ4v) is 2.55. The molecule has 0 fully saturated rings. The van der Waals surface area contributed by atoms with Crippen LogP contribution in [0.1, 0.15) is 13.8 Å². The topological polar surface area (TPSA) is 12.9 Å². The van der Waals surface area contributed by atoms with Crippen LogP contribution in [0.25, 0.3) is 20.8 Å². The molecule has 0 N–H and O–H groups in total. The van der Waals surface area contributed by atoms with Crippen LogP contribution in [-0.2, 0) is 0 Å². The Morgan fingerprint density at radius 1 is 0.824 bits per heavy atom. The molecule has 0 amide bonds. The van der Waals surface area contributed by atoms with Gasteiger partial charge in [-0.1, -0.05) is 56.3 Å². The van der Waals surface area contributed by atoms with Crippen LogP contribution < -0.4 is 0 Å². The number of para-hydroxylation sites is 1. The predicted octanol–water partition coefficient (Wildman–Crippen LogP) is 4.99. The minimum atomic E-state index is 1.08. The fourth-order valence-electron chi connectivity index (χ4n) is 1.58. The lowest BCUT2D eigenvalue weighted by atomic mass is 10.2. The first-order valence-electron chi connectivity index (χ1n) is 5.84. The molecule has 2 heteroatoms. The smallest absolute Gasteiger partial charge is 0.124 e. The molecular formula is C15H15NS. The quantitative estimate of drug-likeness (QED) is 0.585. The van der Waals surface area contributed by atoms with Gasteiger partial charge in [-0.15, -0.1) is 11.3 Å². The molecular weight excluding hydrogens is 226 g/mol. The van der Waals surface area contributed by atoms with E-state index in [1.54, 1.807) is 11.3 Å². The van der Waals surface area contributed by atoms with Crippen LogP contribution in [-0.4, -0.2) is 4.98 Å². The molecule has 3 rings (SSSR count). The minimum absolute atomic E-state index is 1.08. The van der Waals surface area contributed by atoms with Crippen molar-refractivity contribution in [3.8, 4) is 10.6 Å². The van der Waals surface area contributed by atoms with E-state index in [0.717, 1.165) is 10.5 Å². The van der Waals surface area contributed by atoms with E-state index in [1.165, 1.54) is 10.3 Å². The third-order valence-electron chi connectivity index (χ3n) is 2.31. The number of thiazole rings is 1. The first-order chi connectivity index (χ1) is 8.43. The van der Waals surface area contributed by atoms with E-state index in [-0.39, 0.29) is 0 Å². The molecule has 3 aromatic rings. The molecule has 0 radical (unpaired) electrons. The minimum Gasteiger partial charge on any atom is -0.236 e. The monoisotopic (exact) mass is 241 g/mol. The van der Waals surface area contributed by atoms with Crippen LogP contribution in [0.3, 0.4) is 0 Å². The highest BCUT2D eigenvalue weighted by molar-refractivity contribution is 7.21. The van der Waals surface area contributed by atoms with E-state index in [2.05, 4.69) is 35.3 Å². The zero-order valence-electron chi connectivity index (χ0n) is 10.1. The van der Waals surface area contributed by atoms with E-state index < -0.39 is 0 Å². The Balaban J connectivity index is 0.000000514. The Labute approximate surface area is 106 Å². The van der Waals surface area contributed by atoms with E-state index in [9.17, 15) is 0 Å². The van der Waals surface area contributed by atoms with Crippen LogP contribution in [0, 0.1) is 0 Å². The summed E-state index contributed by atoms with van der Waals surface area (Å²) in [4.78, 5) is 4.60. The van der Waals surface area contributed by atoms with Crippen LogP contribution in [0.15, 0.2) is 54.6 Å². The first-order valence-corrected chi connectivity index (χ1v) is 6.66. The summed E-state index contributed by atoms with van der Waals surface area (Å²) >= 11 is 1.74.